The summed E-state index contributed by atoms with van der Waals surface area (Å²) in [6, 6.07) is 0. The Bertz CT molecular complexity index is 548. The molecule has 1 aliphatic rings. The second kappa shape index (κ2) is 6.87. The number of nitrogens with zero attached hydrogens (tertiary/aromatic N) is 2. The third-order valence-electron chi connectivity index (χ3n) is 3.57. The molecule has 21 heavy (non-hydrogen) atoms. The monoisotopic (exact) mass is 316 g/mol. The van der Waals surface area contributed by atoms with Crippen LogP contribution >= 0.6 is 0 Å². The molecule has 0 spiro atoms. The largest absolute Gasteiger partial charge is 0.373 e. The number of hydrogen-bond donors (Lipinski definition) is 2. The SMILES string of the molecule is Cc1[nH]ncc1CNCCS(=O)(=O)N1C[C@@H](C)O[C@H](C)C1. The van der Waals surface area contributed by atoms with Crippen LogP contribution in [0.4, 0.5) is 0 Å². The minimum absolute atomic E-state index is 0.0509. The second-order valence-corrected chi connectivity index (χ2v) is 7.68. The number of rotatable bonds is 6. The third kappa shape index (κ3) is 4.50. The highest BCUT2D eigenvalue weighted by Crippen LogP contribution is 2.14. The van der Waals surface area contributed by atoms with Crippen LogP contribution in [0.3, 0.4) is 0 Å². The molecule has 0 unspecified atom stereocenters. The molecular formula is C13H24N4O3S. The van der Waals surface area contributed by atoms with Crippen molar-refractivity contribution in [2.24, 2.45) is 0 Å². The van der Waals surface area contributed by atoms with E-state index in [1.54, 1.807) is 6.20 Å². The number of aromatic nitrogens is 2. The highest BCUT2D eigenvalue weighted by molar-refractivity contribution is 7.89. The summed E-state index contributed by atoms with van der Waals surface area (Å²) in [6.45, 7) is 7.66. The van der Waals surface area contributed by atoms with Gasteiger partial charge in [-0.25, -0.2) is 8.42 Å². The number of sulfonamides is 1. The Hall–Kier alpha value is -0.960. The third-order valence-corrected chi connectivity index (χ3v) is 5.37. The zero-order valence-electron chi connectivity index (χ0n) is 12.8. The zero-order chi connectivity index (χ0) is 15.5. The maximum absolute atomic E-state index is 12.3. The molecule has 0 radical (unpaired) electrons. The van der Waals surface area contributed by atoms with Gasteiger partial charge in [0.15, 0.2) is 0 Å². The Morgan fingerprint density at radius 1 is 1.43 bits per heavy atom. The van der Waals surface area contributed by atoms with E-state index in [4.69, 9.17) is 4.74 Å². The molecule has 7 nitrogen and oxygen atoms in total. The number of aryl methyl sites for hydroxylation is 1. The van der Waals surface area contributed by atoms with Crippen LogP contribution in [-0.4, -0.2) is 60.5 Å². The lowest BCUT2D eigenvalue weighted by molar-refractivity contribution is -0.0440. The molecule has 1 saturated heterocycles. The van der Waals surface area contributed by atoms with Crippen molar-refractivity contribution < 1.29 is 13.2 Å². The predicted octanol–water partition coefficient (Wildman–Crippen LogP) is 0.247. The number of H-pyrrole nitrogens is 1. The van der Waals surface area contributed by atoms with Crippen molar-refractivity contribution >= 4 is 10.0 Å². The van der Waals surface area contributed by atoms with Crippen LogP contribution in [-0.2, 0) is 21.3 Å². The van der Waals surface area contributed by atoms with Gasteiger partial charge in [0.2, 0.25) is 10.0 Å². The van der Waals surface area contributed by atoms with Crippen LogP contribution in [0.1, 0.15) is 25.1 Å². The van der Waals surface area contributed by atoms with Gasteiger partial charge in [-0.05, 0) is 20.8 Å². The summed E-state index contributed by atoms with van der Waals surface area (Å²) < 4.78 is 31.7. The minimum atomic E-state index is -3.23. The highest BCUT2D eigenvalue weighted by atomic mass is 32.2. The van der Waals surface area contributed by atoms with E-state index in [0.717, 1.165) is 11.3 Å². The van der Waals surface area contributed by atoms with Gasteiger partial charge < -0.3 is 10.1 Å². The van der Waals surface area contributed by atoms with Crippen LogP contribution in [0, 0.1) is 6.92 Å². The van der Waals surface area contributed by atoms with Crippen molar-refractivity contribution in [3.63, 3.8) is 0 Å². The number of aromatic amines is 1. The van der Waals surface area contributed by atoms with Gasteiger partial charge in [0, 0.05) is 37.4 Å². The molecule has 2 heterocycles. The lowest BCUT2D eigenvalue weighted by Crippen LogP contribution is -2.49. The molecule has 1 fully saturated rings. The van der Waals surface area contributed by atoms with Crippen molar-refractivity contribution in [1.82, 2.24) is 19.8 Å². The topological polar surface area (TPSA) is 87.3 Å². The molecule has 1 aromatic heterocycles. The fourth-order valence-electron chi connectivity index (χ4n) is 2.47. The van der Waals surface area contributed by atoms with Crippen LogP contribution in [0.25, 0.3) is 0 Å². The first-order chi connectivity index (χ1) is 9.88. The standard InChI is InChI=1S/C13H24N4O3S/c1-10-8-17(9-11(2)20-10)21(18,19)5-4-14-6-13-7-15-16-12(13)3/h7,10-11,14H,4-6,8-9H2,1-3H3,(H,15,16)/t10-,11-/m1/s1. The Morgan fingerprint density at radius 3 is 2.67 bits per heavy atom. The zero-order valence-corrected chi connectivity index (χ0v) is 13.6. The quantitative estimate of drug-likeness (QED) is 0.735. The van der Waals surface area contributed by atoms with E-state index < -0.39 is 10.0 Å². The lowest BCUT2D eigenvalue weighted by atomic mass is 10.3. The van der Waals surface area contributed by atoms with E-state index in [-0.39, 0.29) is 18.0 Å². The van der Waals surface area contributed by atoms with E-state index in [1.165, 1.54) is 4.31 Å². The predicted molar refractivity (Wildman–Crippen MR) is 80.4 cm³/mol. The van der Waals surface area contributed by atoms with E-state index in [9.17, 15) is 8.42 Å². The fourth-order valence-corrected chi connectivity index (χ4v) is 4.00. The Balaban J connectivity index is 1.80. The first-order valence-electron chi connectivity index (χ1n) is 7.21. The van der Waals surface area contributed by atoms with Crippen molar-refractivity contribution in [2.75, 3.05) is 25.4 Å². The van der Waals surface area contributed by atoms with Gasteiger partial charge in [-0.15, -0.1) is 0 Å². The van der Waals surface area contributed by atoms with E-state index in [2.05, 4.69) is 15.5 Å². The number of nitrogens with one attached hydrogen (secondary N) is 2. The van der Waals surface area contributed by atoms with Gasteiger partial charge in [0.1, 0.15) is 0 Å². The molecule has 0 aliphatic carbocycles. The lowest BCUT2D eigenvalue weighted by Gasteiger charge is -2.34. The molecule has 2 N–H and O–H groups in total. The summed E-state index contributed by atoms with van der Waals surface area (Å²) in [5.74, 6) is 0.101. The van der Waals surface area contributed by atoms with Crippen molar-refractivity contribution in [3.05, 3.63) is 17.5 Å². The molecule has 0 bridgehead atoms. The maximum atomic E-state index is 12.3. The van der Waals surface area contributed by atoms with Crippen molar-refractivity contribution in [3.8, 4) is 0 Å². The van der Waals surface area contributed by atoms with Crippen molar-refractivity contribution in [1.29, 1.82) is 0 Å². The molecule has 1 aromatic rings. The Kier molecular flexibility index (Phi) is 5.37. The normalized spacial score (nSPS) is 24.3. The van der Waals surface area contributed by atoms with Gasteiger partial charge in [0.25, 0.3) is 0 Å². The summed E-state index contributed by atoms with van der Waals surface area (Å²) in [5, 5.41) is 9.94. The highest BCUT2D eigenvalue weighted by Gasteiger charge is 2.30. The summed E-state index contributed by atoms with van der Waals surface area (Å²) in [4.78, 5) is 0. The first kappa shape index (κ1) is 16.4. The maximum Gasteiger partial charge on any atom is 0.215 e. The molecule has 2 rings (SSSR count). The molecule has 8 heteroatoms. The molecular weight excluding hydrogens is 292 g/mol. The first-order valence-corrected chi connectivity index (χ1v) is 8.82. The smallest absolute Gasteiger partial charge is 0.215 e. The van der Waals surface area contributed by atoms with Crippen molar-refractivity contribution in [2.45, 2.75) is 39.5 Å². The second-order valence-electron chi connectivity index (χ2n) is 5.59. The van der Waals surface area contributed by atoms with Gasteiger partial charge in [-0.1, -0.05) is 0 Å². The number of ether oxygens (including phenoxy) is 1. The molecule has 0 saturated carbocycles. The molecule has 1 aliphatic heterocycles. The summed E-state index contributed by atoms with van der Waals surface area (Å²) in [5.41, 5.74) is 2.06. The molecule has 2 atom stereocenters. The van der Waals surface area contributed by atoms with Gasteiger partial charge in [-0.2, -0.15) is 9.40 Å². The summed E-state index contributed by atoms with van der Waals surface area (Å²) >= 11 is 0. The number of morpholine rings is 1. The Labute approximate surface area is 126 Å². The number of hydrogen-bond acceptors (Lipinski definition) is 5. The summed E-state index contributed by atoms with van der Waals surface area (Å²) in [6.07, 6.45) is 1.65. The van der Waals surface area contributed by atoms with Crippen LogP contribution in [0.5, 0.6) is 0 Å². The van der Waals surface area contributed by atoms with E-state index >= 15 is 0 Å². The van der Waals surface area contributed by atoms with Gasteiger partial charge >= 0.3 is 0 Å². The fraction of sp³-hybridized carbons (Fsp3) is 0.769. The minimum Gasteiger partial charge on any atom is -0.373 e. The van der Waals surface area contributed by atoms with E-state index in [1.807, 2.05) is 20.8 Å². The Morgan fingerprint density at radius 2 is 2.10 bits per heavy atom. The average molecular weight is 316 g/mol. The van der Waals surface area contributed by atoms with Crippen LogP contribution in [0.2, 0.25) is 0 Å². The van der Waals surface area contributed by atoms with Gasteiger partial charge in [0.05, 0.1) is 24.2 Å². The van der Waals surface area contributed by atoms with Crippen LogP contribution < -0.4 is 5.32 Å². The molecule has 120 valence electrons. The van der Waals surface area contributed by atoms with Gasteiger partial charge in [-0.3, -0.25) is 5.10 Å². The molecule has 0 amide bonds. The average Bonchev–Trinajstić information content (AvgIpc) is 2.79. The van der Waals surface area contributed by atoms with E-state index in [0.29, 0.717) is 26.2 Å². The summed E-state index contributed by atoms with van der Waals surface area (Å²) in [7, 11) is -3.23. The van der Waals surface area contributed by atoms with Crippen LogP contribution in [0.15, 0.2) is 6.20 Å². The molecule has 0 aromatic carbocycles.